The topological polar surface area (TPSA) is 72.0 Å². The molecule has 3 aromatic rings. The predicted molar refractivity (Wildman–Crippen MR) is 68.4 cm³/mol. The standard InChI is InChI=1S/C14H10FN3O2/c15-10-3-4-12(19)11(7-10)14-17-13(18-20-14)6-9-2-1-5-16-8-9/h1-5,7-8,19H,6H2. The SMILES string of the molecule is Oc1ccc(F)cc1-c1nc(Cc2cccnc2)no1. The van der Waals surface area contributed by atoms with Crippen molar-refractivity contribution < 1.29 is 14.0 Å². The smallest absolute Gasteiger partial charge is 0.261 e. The van der Waals surface area contributed by atoms with E-state index in [2.05, 4.69) is 15.1 Å². The van der Waals surface area contributed by atoms with E-state index in [-0.39, 0.29) is 17.2 Å². The third-order valence-corrected chi connectivity index (χ3v) is 2.74. The van der Waals surface area contributed by atoms with Gasteiger partial charge in [-0.3, -0.25) is 4.98 Å². The summed E-state index contributed by atoms with van der Waals surface area (Å²) in [5.74, 6) is -0.0645. The van der Waals surface area contributed by atoms with Crippen LogP contribution >= 0.6 is 0 Å². The number of hydrogen-bond acceptors (Lipinski definition) is 5. The van der Waals surface area contributed by atoms with Crippen LogP contribution in [-0.4, -0.2) is 20.2 Å². The van der Waals surface area contributed by atoms with Crippen LogP contribution in [0.4, 0.5) is 4.39 Å². The molecule has 0 radical (unpaired) electrons. The average molecular weight is 271 g/mol. The van der Waals surface area contributed by atoms with Gasteiger partial charge in [-0.15, -0.1) is 0 Å². The molecule has 0 fully saturated rings. The number of phenolic OH excluding ortho intramolecular Hbond substituents is 1. The number of aromatic hydroxyl groups is 1. The minimum Gasteiger partial charge on any atom is -0.507 e. The van der Waals surface area contributed by atoms with Gasteiger partial charge in [0, 0.05) is 18.8 Å². The highest BCUT2D eigenvalue weighted by molar-refractivity contribution is 5.61. The van der Waals surface area contributed by atoms with Crippen molar-refractivity contribution in [3.05, 3.63) is 59.9 Å². The van der Waals surface area contributed by atoms with Gasteiger partial charge in [0.15, 0.2) is 5.82 Å². The van der Waals surface area contributed by atoms with Crippen LogP contribution in [0.1, 0.15) is 11.4 Å². The molecule has 3 rings (SSSR count). The lowest BCUT2D eigenvalue weighted by Gasteiger charge is -1.98. The lowest BCUT2D eigenvalue weighted by molar-refractivity contribution is 0.418. The van der Waals surface area contributed by atoms with Gasteiger partial charge in [0.1, 0.15) is 11.6 Å². The number of rotatable bonds is 3. The van der Waals surface area contributed by atoms with Gasteiger partial charge in [-0.2, -0.15) is 4.98 Å². The molecule has 1 N–H and O–H groups in total. The van der Waals surface area contributed by atoms with Crippen LogP contribution in [0.2, 0.25) is 0 Å². The monoisotopic (exact) mass is 271 g/mol. The first-order chi connectivity index (χ1) is 9.72. The van der Waals surface area contributed by atoms with E-state index in [1.165, 1.54) is 6.07 Å². The zero-order valence-corrected chi connectivity index (χ0v) is 10.3. The molecule has 0 aliphatic carbocycles. The van der Waals surface area contributed by atoms with Crippen molar-refractivity contribution in [2.45, 2.75) is 6.42 Å². The van der Waals surface area contributed by atoms with Crippen LogP contribution in [0.5, 0.6) is 5.75 Å². The number of halogens is 1. The first kappa shape index (κ1) is 12.3. The molecule has 0 saturated carbocycles. The minimum atomic E-state index is -0.482. The van der Waals surface area contributed by atoms with Crippen molar-refractivity contribution in [3.8, 4) is 17.2 Å². The molecule has 0 amide bonds. The summed E-state index contributed by atoms with van der Waals surface area (Å²) < 4.78 is 18.2. The zero-order chi connectivity index (χ0) is 13.9. The second kappa shape index (κ2) is 5.08. The Morgan fingerprint density at radius 3 is 2.95 bits per heavy atom. The van der Waals surface area contributed by atoms with Gasteiger partial charge in [0.2, 0.25) is 0 Å². The summed E-state index contributed by atoms with van der Waals surface area (Å²) in [4.78, 5) is 8.14. The molecule has 0 saturated heterocycles. The molecular formula is C14H10FN3O2. The fraction of sp³-hybridized carbons (Fsp3) is 0.0714. The molecule has 6 heteroatoms. The largest absolute Gasteiger partial charge is 0.507 e. The van der Waals surface area contributed by atoms with Crippen molar-refractivity contribution in [1.29, 1.82) is 0 Å². The summed E-state index contributed by atoms with van der Waals surface area (Å²) in [6.07, 6.45) is 3.83. The molecule has 0 atom stereocenters. The summed E-state index contributed by atoms with van der Waals surface area (Å²) in [5, 5.41) is 13.5. The number of benzene rings is 1. The summed E-state index contributed by atoms with van der Waals surface area (Å²) in [5.41, 5.74) is 1.11. The van der Waals surface area contributed by atoms with Crippen molar-refractivity contribution in [2.24, 2.45) is 0 Å². The van der Waals surface area contributed by atoms with E-state index in [9.17, 15) is 9.50 Å². The van der Waals surface area contributed by atoms with E-state index >= 15 is 0 Å². The molecule has 1 aromatic carbocycles. The Kier molecular flexibility index (Phi) is 3.12. The number of hydrogen-bond donors (Lipinski definition) is 1. The van der Waals surface area contributed by atoms with E-state index in [0.29, 0.717) is 12.2 Å². The zero-order valence-electron chi connectivity index (χ0n) is 10.3. The minimum absolute atomic E-state index is 0.0842. The lowest BCUT2D eigenvalue weighted by atomic mass is 10.2. The summed E-state index contributed by atoms with van der Waals surface area (Å²) in [6.45, 7) is 0. The highest BCUT2D eigenvalue weighted by Crippen LogP contribution is 2.28. The first-order valence-electron chi connectivity index (χ1n) is 5.93. The maximum Gasteiger partial charge on any atom is 0.261 e. The van der Waals surface area contributed by atoms with Crippen LogP contribution in [-0.2, 0) is 6.42 Å². The average Bonchev–Trinajstić information content (AvgIpc) is 2.91. The Hall–Kier alpha value is -2.76. The molecule has 0 spiro atoms. The highest BCUT2D eigenvalue weighted by Gasteiger charge is 2.14. The molecular weight excluding hydrogens is 261 g/mol. The van der Waals surface area contributed by atoms with E-state index < -0.39 is 5.82 Å². The maximum absolute atomic E-state index is 13.2. The lowest BCUT2D eigenvalue weighted by Crippen LogP contribution is -1.91. The summed E-state index contributed by atoms with van der Waals surface area (Å²) >= 11 is 0. The van der Waals surface area contributed by atoms with Gasteiger partial charge in [0.05, 0.1) is 5.56 Å². The Morgan fingerprint density at radius 2 is 2.15 bits per heavy atom. The van der Waals surface area contributed by atoms with Crippen LogP contribution in [0.15, 0.2) is 47.2 Å². The number of pyridine rings is 1. The molecule has 20 heavy (non-hydrogen) atoms. The Morgan fingerprint density at radius 1 is 1.25 bits per heavy atom. The fourth-order valence-corrected chi connectivity index (χ4v) is 1.80. The van der Waals surface area contributed by atoms with Crippen molar-refractivity contribution in [3.63, 3.8) is 0 Å². The molecule has 5 nitrogen and oxygen atoms in total. The van der Waals surface area contributed by atoms with E-state index in [0.717, 1.165) is 17.7 Å². The fourth-order valence-electron chi connectivity index (χ4n) is 1.80. The molecule has 0 unspecified atom stereocenters. The van der Waals surface area contributed by atoms with E-state index in [1.807, 2.05) is 12.1 Å². The van der Waals surface area contributed by atoms with Crippen molar-refractivity contribution in [1.82, 2.24) is 15.1 Å². The van der Waals surface area contributed by atoms with Crippen LogP contribution in [0, 0.1) is 5.82 Å². The van der Waals surface area contributed by atoms with Gasteiger partial charge >= 0.3 is 0 Å². The third-order valence-electron chi connectivity index (χ3n) is 2.74. The van der Waals surface area contributed by atoms with Gasteiger partial charge in [-0.05, 0) is 29.8 Å². The van der Waals surface area contributed by atoms with Crippen LogP contribution in [0.25, 0.3) is 11.5 Å². The molecule has 2 aromatic heterocycles. The molecule has 2 heterocycles. The van der Waals surface area contributed by atoms with E-state index in [4.69, 9.17) is 4.52 Å². The number of aromatic nitrogens is 3. The third kappa shape index (κ3) is 2.49. The highest BCUT2D eigenvalue weighted by atomic mass is 19.1. The number of nitrogens with zero attached hydrogens (tertiary/aromatic N) is 3. The van der Waals surface area contributed by atoms with Crippen molar-refractivity contribution >= 4 is 0 Å². The van der Waals surface area contributed by atoms with Crippen LogP contribution in [0.3, 0.4) is 0 Å². The summed E-state index contributed by atoms with van der Waals surface area (Å²) in [7, 11) is 0. The van der Waals surface area contributed by atoms with Gasteiger partial charge < -0.3 is 9.63 Å². The quantitative estimate of drug-likeness (QED) is 0.792. The first-order valence-corrected chi connectivity index (χ1v) is 5.93. The number of phenols is 1. The molecule has 0 bridgehead atoms. The second-order valence-electron chi connectivity index (χ2n) is 4.22. The Bertz CT molecular complexity index is 728. The van der Waals surface area contributed by atoms with Gasteiger partial charge in [-0.25, -0.2) is 4.39 Å². The van der Waals surface area contributed by atoms with Gasteiger partial charge in [-0.1, -0.05) is 11.2 Å². The molecule has 100 valence electrons. The second-order valence-corrected chi connectivity index (χ2v) is 4.22. The summed E-state index contributed by atoms with van der Waals surface area (Å²) in [6, 6.07) is 7.26. The van der Waals surface area contributed by atoms with Crippen molar-refractivity contribution in [2.75, 3.05) is 0 Å². The normalized spacial score (nSPS) is 10.7. The van der Waals surface area contributed by atoms with Crippen LogP contribution < -0.4 is 0 Å². The maximum atomic E-state index is 13.2. The molecule has 0 aliphatic heterocycles. The Labute approximate surface area is 113 Å². The predicted octanol–water partition coefficient (Wildman–Crippen LogP) is 2.57. The molecule has 0 aliphatic rings. The Balaban J connectivity index is 1.88. The van der Waals surface area contributed by atoms with Gasteiger partial charge in [0.25, 0.3) is 5.89 Å². The van der Waals surface area contributed by atoms with E-state index in [1.54, 1.807) is 12.4 Å².